The highest BCUT2D eigenvalue weighted by atomic mass is 19.1. The standard InChI is InChI=1S/C19H22FNO/c1-13(14-9-11-15(12-10-14)19(2,3)4)21-18(22)16-7-5-6-8-17(16)20/h5-13H,1-4H3,(H,21,22). The fraction of sp³-hybridized carbons (Fsp3) is 0.316. The SMILES string of the molecule is CC(NC(=O)c1ccccc1F)c1ccc(C(C)(C)C)cc1. The molecule has 0 aliphatic heterocycles. The summed E-state index contributed by atoms with van der Waals surface area (Å²) in [5, 5.41) is 2.83. The molecule has 116 valence electrons. The van der Waals surface area contributed by atoms with E-state index in [1.807, 2.05) is 19.1 Å². The van der Waals surface area contributed by atoms with Crippen LogP contribution in [-0.2, 0) is 5.41 Å². The fourth-order valence-corrected chi connectivity index (χ4v) is 2.27. The molecule has 0 heterocycles. The number of hydrogen-bond acceptors (Lipinski definition) is 1. The topological polar surface area (TPSA) is 29.1 Å². The van der Waals surface area contributed by atoms with Crippen molar-refractivity contribution in [1.29, 1.82) is 0 Å². The van der Waals surface area contributed by atoms with E-state index in [2.05, 4.69) is 38.2 Å². The summed E-state index contributed by atoms with van der Waals surface area (Å²) in [6, 6.07) is 14.0. The van der Waals surface area contributed by atoms with Gasteiger partial charge in [0, 0.05) is 0 Å². The van der Waals surface area contributed by atoms with Crippen molar-refractivity contribution in [2.45, 2.75) is 39.2 Å². The van der Waals surface area contributed by atoms with Gasteiger partial charge in [0.05, 0.1) is 11.6 Å². The molecule has 0 saturated heterocycles. The smallest absolute Gasteiger partial charge is 0.254 e. The average molecular weight is 299 g/mol. The third-order valence-electron chi connectivity index (χ3n) is 3.74. The van der Waals surface area contributed by atoms with E-state index in [0.717, 1.165) is 5.56 Å². The van der Waals surface area contributed by atoms with E-state index in [1.54, 1.807) is 12.1 Å². The van der Waals surface area contributed by atoms with Gasteiger partial charge in [0.15, 0.2) is 0 Å². The third kappa shape index (κ3) is 3.73. The van der Waals surface area contributed by atoms with Crippen molar-refractivity contribution in [3.8, 4) is 0 Å². The van der Waals surface area contributed by atoms with E-state index in [-0.39, 0.29) is 17.0 Å². The van der Waals surface area contributed by atoms with Gasteiger partial charge in [0.25, 0.3) is 5.91 Å². The molecule has 1 unspecified atom stereocenters. The number of hydrogen-bond donors (Lipinski definition) is 1. The molecule has 0 radical (unpaired) electrons. The number of benzene rings is 2. The lowest BCUT2D eigenvalue weighted by atomic mass is 9.86. The van der Waals surface area contributed by atoms with Crippen LogP contribution in [0.15, 0.2) is 48.5 Å². The summed E-state index contributed by atoms with van der Waals surface area (Å²) in [4.78, 5) is 12.1. The summed E-state index contributed by atoms with van der Waals surface area (Å²) in [6.07, 6.45) is 0. The second-order valence-electron chi connectivity index (χ2n) is 6.55. The lowest BCUT2D eigenvalue weighted by molar-refractivity contribution is 0.0936. The maximum Gasteiger partial charge on any atom is 0.254 e. The van der Waals surface area contributed by atoms with Crippen LogP contribution in [0.4, 0.5) is 4.39 Å². The van der Waals surface area contributed by atoms with Gasteiger partial charge in [-0.05, 0) is 35.6 Å². The first-order valence-electron chi connectivity index (χ1n) is 7.45. The zero-order valence-corrected chi connectivity index (χ0v) is 13.5. The van der Waals surface area contributed by atoms with Crippen molar-refractivity contribution >= 4 is 5.91 Å². The lowest BCUT2D eigenvalue weighted by Crippen LogP contribution is -2.27. The van der Waals surface area contributed by atoms with E-state index in [1.165, 1.54) is 17.7 Å². The molecule has 2 aromatic carbocycles. The first-order chi connectivity index (χ1) is 10.3. The second kappa shape index (κ2) is 6.30. The number of halogens is 1. The van der Waals surface area contributed by atoms with E-state index in [9.17, 15) is 9.18 Å². The van der Waals surface area contributed by atoms with Crippen molar-refractivity contribution in [1.82, 2.24) is 5.32 Å². The van der Waals surface area contributed by atoms with E-state index < -0.39 is 11.7 Å². The van der Waals surface area contributed by atoms with Gasteiger partial charge in [-0.15, -0.1) is 0 Å². The minimum atomic E-state index is -0.504. The normalized spacial score (nSPS) is 12.8. The summed E-state index contributed by atoms with van der Waals surface area (Å²) in [6.45, 7) is 8.37. The Bertz CT molecular complexity index is 656. The molecule has 0 fully saturated rings. The van der Waals surface area contributed by atoms with Gasteiger partial charge in [-0.25, -0.2) is 4.39 Å². The molecule has 2 aromatic rings. The molecular weight excluding hydrogens is 277 g/mol. The molecule has 1 N–H and O–H groups in total. The molecule has 0 spiro atoms. The molecule has 2 nitrogen and oxygen atoms in total. The summed E-state index contributed by atoms with van der Waals surface area (Å²) < 4.78 is 13.6. The molecule has 3 heteroatoms. The summed E-state index contributed by atoms with van der Waals surface area (Å²) in [5.41, 5.74) is 2.40. The van der Waals surface area contributed by atoms with Crippen LogP contribution >= 0.6 is 0 Å². The second-order valence-corrected chi connectivity index (χ2v) is 6.55. The number of carbonyl (C=O) groups excluding carboxylic acids is 1. The molecular formula is C19H22FNO. The van der Waals surface area contributed by atoms with Gasteiger partial charge in [0.2, 0.25) is 0 Å². The van der Waals surface area contributed by atoms with Crippen LogP contribution in [0, 0.1) is 5.82 Å². The van der Waals surface area contributed by atoms with Crippen LogP contribution in [-0.4, -0.2) is 5.91 Å². The van der Waals surface area contributed by atoms with Crippen LogP contribution in [0.3, 0.4) is 0 Å². The minimum absolute atomic E-state index is 0.0701. The Morgan fingerprint density at radius 3 is 2.18 bits per heavy atom. The number of carbonyl (C=O) groups is 1. The Hall–Kier alpha value is -2.16. The van der Waals surface area contributed by atoms with Crippen LogP contribution in [0.25, 0.3) is 0 Å². The van der Waals surface area contributed by atoms with Crippen LogP contribution in [0.2, 0.25) is 0 Å². The van der Waals surface area contributed by atoms with Crippen LogP contribution < -0.4 is 5.32 Å². The Morgan fingerprint density at radius 1 is 1.05 bits per heavy atom. The van der Waals surface area contributed by atoms with Crippen molar-refractivity contribution in [3.63, 3.8) is 0 Å². The zero-order valence-electron chi connectivity index (χ0n) is 13.5. The third-order valence-corrected chi connectivity index (χ3v) is 3.74. The van der Waals surface area contributed by atoms with Crippen molar-refractivity contribution in [2.24, 2.45) is 0 Å². The monoisotopic (exact) mass is 299 g/mol. The van der Waals surface area contributed by atoms with E-state index in [4.69, 9.17) is 0 Å². The van der Waals surface area contributed by atoms with Gasteiger partial charge in [-0.1, -0.05) is 57.2 Å². The van der Waals surface area contributed by atoms with Gasteiger partial charge in [-0.2, -0.15) is 0 Å². The Balaban J connectivity index is 2.11. The first kappa shape index (κ1) is 16.2. The summed E-state index contributed by atoms with van der Waals surface area (Å²) in [7, 11) is 0. The quantitative estimate of drug-likeness (QED) is 0.880. The van der Waals surface area contributed by atoms with Crippen LogP contribution in [0.1, 0.15) is 55.2 Å². The van der Waals surface area contributed by atoms with Gasteiger partial charge < -0.3 is 5.32 Å². The Kier molecular flexibility index (Phi) is 4.65. The summed E-state index contributed by atoms with van der Waals surface area (Å²) >= 11 is 0. The van der Waals surface area contributed by atoms with Crippen molar-refractivity contribution in [2.75, 3.05) is 0 Å². The predicted octanol–water partition coefficient (Wildman–Crippen LogP) is 4.61. The molecule has 0 aliphatic rings. The maximum atomic E-state index is 13.6. The highest BCUT2D eigenvalue weighted by Crippen LogP contribution is 2.24. The lowest BCUT2D eigenvalue weighted by Gasteiger charge is -2.20. The predicted molar refractivity (Wildman–Crippen MR) is 87.4 cm³/mol. The van der Waals surface area contributed by atoms with E-state index >= 15 is 0 Å². The number of nitrogens with one attached hydrogen (secondary N) is 1. The molecule has 0 saturated carbocycles. The molecule has 1 amide bonds. The molecule has 1 atom stereocenters. The van der Waals surface area contributed by atoms with Crippen LogP contribution in [0.5, 0.6) is 0 Å². The first-order valence-corrected chi connectivity index (χ1v) is 7.45. The average Bonchev–Trinajstić information content (AvgIpc) is 2.46. The van der Waals surface area contributed by atoms with Gasteiger partial charge in [-0.3, -0.25) is 4.79 Å². The zero-order chi connectivity index (χ0) is 16.3. The maximum absolute atomic E-state index is 13.6. The minimum Gasteiger partial charge on any atom is -0.345 e. The highest BCUT2D eigenvalue weighted by molar-refractivity contribution is 5.94. The largest absolute Gasteiger partial charge is 0.345 e. The number of amides is 1. The molecule has 0 aliphatic carbocycles. The molecule has 2 rings (SSSR count). The highest BCUT2D eigenvalue weighted by Gasteiger charge is 2.16. The molecule has 0 bridgehead atoms. The number of rotatable bonds is 3. The van der Waals surface area contributed by atoms with Gasteiger partial charge in [0.1, 0.15) is 5.82 Å². The fourth-order valence-electron chi connectivity index (χ4n) is 2.27. The molecule has 0 aromatic heterocycles. The summed E-state index contributed by atoms with van der Waals surface area (Å²) in [5.74, 6) is -0.902. The Morgan fingerprint density at radius 2 is 1.64 bits per heavy atom. The Labute approximate surface area is 131 Å². The van der Waals surface area contributed by atoms with E-state index in [0.29, 0.717) is 0 Å². The van der Waals surface area contributed by atoms with Crippen molar-refractivity contribution < 1.29 is 9.18 Å². The molecule has 22 heavy (non-hydrogen) atoms. The van der Waals surface area contributed by atoms with Crippen molar-refractivity contribution in [3.05, 3.63) is 71.0 Å². The van der Waals surface area contributed by atoms with Gasteiger partial charge >= 0.3 is 0 Å².